The minimum absolute atomic E-state index is 0.0414. The van der Waals surface area contributed by atoms with E-state index in [2.05, 4.69) is 10.1 Å². The monoisotopic (exact) mass is 397 g/mol. The average Bonchev–Trinajstić information content (AvgIpc) is 3.33. The van der Waals surface area contributed by atoms with E-state index >= 15 is 0 Å². The summed E-state index contributed by atoms with van der Waals surface area (Å²) in [4.78, 5) is 28.8. The molecule has 0 spiro atoms. The summed E-state index contributed by atoms with van der Waals surface area (Å²) >= 11 is 0. The molecule has 0 saturated heterocycles. The molecule has 0 atom stereocenters. The van der Waals surface area contributed by atoms with Crippen LogP contribution in [0.5, 0.6) is 0 Å². The van der Waals surface area contributed by atoms with Gasteiger partial charge in [0.2, 0.25) is 0 Å². The predicted octanol–water partition coefficient (Wildman–Crippen LogP) is 4.18. The molecule has 0 N–H and O–H groups in total. The van der Waals surface area contributed by atoms with Crippen LogP contribution in [0.25, 0.3) is 17.1 Å². The summed E-state index contributed by atoms with van der Waals surface area (Å²) in [7, 11) is 0. The van der Waals surface area contributed by atoms with Crippen molar-refractivity contribution in [1.29, 1.82) is 0 Å². The van der Waals surface area contributed by atoms with Crippen LogP contribution in [0.4, 0.5) is 8.78 Å². The molecule has 148 valence electrons. The summed E-state index contributed by atoms with van der Waals surface area (Å²) in [5.41, 5.74) is 1.83. The molecule has 1 aliphatic carbocycles. The second kappa shape index (κ2) is 7.54. The molecule has 0 radical (unpaired) electrons. The van der Waals surface area contributed by atoms with Gasteiger partial charge in [0, 0.05) is 17.5 Å². The Morgan fingerprint density at radius 3 is 2.76 bits per heavy atom. The first-order valence-electron chi connectivity index (χ1n) is 9.17. The van der Waals surface area contributed by atoms with Gasteiger partial charge in [-0.3, -0.25) is 4.79 Å². The lowest BCUT2D eigenvalue weighted by molar-refractivity contribution is 0.0514. The second-order valence-corrected chi connectivity index (χ2v) is 6.52. The number of carbonyl (C=O) groups excluding carboxylic acids is 2. The molecule has 0 amide bonds. The standard InChI is InChI=1S/C21H17F2N3O3/c1-2-29-21(28)14-11-24-26(19(14)20(22)23)17-8-4-7-15(25-17)13-6-3-5-12-9-10-16(27)18(12)13/h3-8,11,20H,2,9-10H2,1H3. The third-order valence-electron chi connectivity index (χ3n) is 4.79. The number of nitrogens with zero attached hydrogens (tertiary/aromatic N) is 3. The molecule has 4 rings (SSSR count). The minimum atomic E-state index is -2.95. The van der Waals surface area contributed by atoms with Crippen LogP contribution in [0, 0.1) is 0 Å². The summed E-state index contributed by atoms with van der Waals surface area (Å²) < 4.78 is 33.2. The van der Waals surface area contributed by atoms with Crippen molar-refractivity contribution in [2.24, 2.45) is 0 Å². The van der Waals surface area contributed by atoms with Crippen LogP contribution in [-0.4, -0.2) is 33.1 Å². The largest absolute Gasteiger partial charge is 0.462 e. The Bertz CT molecular complexity index is 1110. The third kappa shape index (κ3) is 3.30. The number of Topliss-reactive ketones (excluding diaryl/α,β-unsaturated/α-hetero) is 1. The Morgan fingerprint density at radius 1 is 1.21 bits per heavy atom. The molecule has 6 nitrogen and oxygen atoms in total. The highest BCUT2D eigenvalue weighted by Crippen LogP contribution is 2.32. The number of fused-ring (bicyclic) bond motifs is 1. The summed E-state index contributed by atoms with van der Waals surface area (Å²) in [5, 5.41) is 3.94. The predicted molar refractivity (Wildman–Crippen MR) is 100 cm³/mol. The number of pyridine rings is 1. The van der Waals surface area contributed by atoms with E-state index in [1.165, 1.54) is 6.07 Å². The van der Waals surface area contributed by atoms with Crippen LogP contribution < -0.4 is 0 Å². The number of esters is 1. The number of ketones is 1. The summed E-state index contributed by atoms with van der Waals surface area (Å²) in [6.07, 6.45) is -0.773. The molecule has 29 heavy (non-hydrogen) atoms. The molecule has 1 aliphatic rings. The van der Waals surface area contributed by atoms with Crippen LogP contribution in [-0.2, 0) is 11.2 Å². The average molecular weight is 397 g/mol. The fraction of sp³-hybridized carbons (Fsp3) is 0.238. The maximum Gasteiger partial charge on any atom is 0.341 e. The zero-order valence-electron chi connectivity index (χ0n) is 15.6. The number of aromatic nitrogens is 3. The number of aryl methyl sites for hydroxylation is 1. The summed E-state index contributed by atoms with van der Waals surface area (Å²) in [5.74, 6) is -0.701. The topological polar surface area (TPSA) is 74.1 Å². The van der Waals surface area contributed by atoms with Crippen molar-refractivity contribution < 1.29 is 23.1 Å². The number of rotatable bonds is 5. The Morgan fingerprint density at radius 2 is 2.00 bits per heavy atom. The smallest absolute Gasteiger partial charge is 0.341 e. The van der Waals surface area contributed by atoms with E-state index < -0.39 is 18.1 Å². The number of hydrogen-bond donors (Lipinski definition) is 0. The fourth-order valence-electron chi connectivity index (χ4n) is 3.53. The maximum atomic E-state index is 13.7. The number of carbonyl (C=O) groups is 2. The van der Waals surface area contributed by atoms with Crippen LogP contribution in [0.1, 0.15) is 51.7 Å². The quantitative estimate of drug-likeness (QED) is 0.604. The van der Waals surface area contributed by atoms with Crippen molar-refractivity contribution in [2.45, 2.75) is 26.2 Å². The Hall–Kier alpha value is -3.42. The van der Waals surface area contributed by atoms with Crippen molar-refractivity contribution in [3.63, 3.8) is 0 Å². The molecular formula is C21H17F2N3O3. The molecule has 2 heterocycles. The Kier molecular flexibility index (Phi) is 4.92. The van der Waals surface area contributed by atoms with Crippen molar-refractivity contribution in [3.05, 3.63) is 65.0 Å². The highest BCUT2D eigenvalue weighted by Gasteiger charge is 2.27. The maximum absolute atomic E-state index is 13.7. The fourth-order valence-corrected chi connectivity index (χ4v) is 3.53. The highest BCUT2D eigenvalue weighted by atomic mass is 19.3. The zero-order valence-corrected chi connectivity index (χ0v) is 15.6. The van der Waals surface area contributed by atoms with Gasteiger partial charge in [-0.25, -0.2) is 23.2 Å². The van der Waals surface area contributed by atoms with Gasteiger partial charge >= 0.3 is 5.97 Å². The van der Waals surface area contributed by atoms with E-state index in [0.29, 0.717) is 29.7 Å². The van der Waals surface area contributed by atoms with Gasteiger partial charge in [0.15, 0.2) is 11.6 Å². The van der Waals surface area contributed by atoms with Crippen molar-refractivity contribution in [3.8, 4) is 17.1 Å². The van der Waals surface area contributed by atoms with E-state index in [-0.39, 0.29) is 23.8 Å². The lowest BCUT2D eigenvalue weighted by Gasteiger charge is -2.11. The van der Waals surface area contributed by atoms with E-state index in [1.807, 2.05) is 12.1 Å². The number of benzene rings is 1. The van der Waals surface area contributed by atoms with Gasteiger partial charge < -0.3 is 4.74 Å². The highest BCUT2D eigenvalue weighted by molar-refractivity contribution is 6.05. The van der Waals surface area contributed by atoms with Gasteiger partial charge in [0.25, 0.3) is 6.43 Å². The molecule has 1 aromatic carbocycles. The summed E-state index contributed by atoms with van der Waals surface area (Å²) in [6, 6.07) is 10.4. The number of halogens is 2. The first kappa shape index (κ1) is 18.9. The minimum Gasteiger partial charge on any atom is -0.462 e. The number of hydrogen-bond acceptors (Lipinski definition) is 5. The van der Waals surface area contributed by atoms with E-state index in [0.717, 1.165) is 16.4 Å². The van der Waals surface area contributed by atoms with Crippen molar-refractivity contribution >= 4 is 11.8 Å². The molecule has 0 unspecified atom stereocenters. The van der Waals surface area contributed by atoms with Gasteiger partial charge in [-0.15, -0.1) is 0 Å². The molecular weight excluding hydrogens is 380 g/mol. The lowest BCUT2D eigenvalue weighted by atomic mass is 10.00. The Balaban J connectivity index is 1.81. The van der Waals surface area contributed by atoms with Crippen molar-refractivity contribution in [1.82, 2.24) is 14.8 Å². The van der Waals surface area contributed by atoms with Crippen LogP contribution >= 0.6 is 0 Å². The zero-order chi connectivity index (χ0) is 20.5. The van der Waals surface area contributed by atoms with Gasteiger partial charge in [-0.05, 0) is 31.0 Å². The Labute approximate surface area is 165 Å². The van der Waals surface area contributed by atoms with Gasteiger partial charge in [-0.2, -0.15) is 5.10 Å². The van der Waals surface area contributed by atoms with Gasteiger partial charge in [0.05, 0.1) is 18.5 Å². The number of alkyl halides is 2. The first-order chi connectivity index (χ1) is 14.0. The molecule has 0 bridgehead atoms. The van der Waals surface area contributed by atoms with E-state index in [1.54, 1.807) is 25.1 Å². The normalized spacial score (nSPS) is 13.0. The van der Waals surface area contributed by atoms with Gasteiger partial charge in [-0.1, -0.05) is 24.3 Å². The summed E-state index contributed by atoms with van der Waals surface area (Å²) in [6.45, 7) is 1.66. The molecule has 3 aromatic rings. The molecule has 0 aliphatic heterocycles. The lowest BCUT2D eigenvalue weighted by Crippen LogP contribution is -2.11. The van der Waals surface area contributed by atoms with E-state index in [4.69, 9.17) is 4.74 Å². The van der Waals surface area contributed by atoms with Gasteiger partial charge in [0.1, 0.15) is 11.3 Å². The number of ether oxygens (including phenoxy) is 1. The first-order valence-corrected chi connectivity index (χ1v) is 9.17. The molecule has 0 fully saturated rings. The molecule has 8 heteroatoms. The second-order valence-electron chi connectivity index (χ2n) is 6.52. The van der Waals surface area contributed by atoms with Crippen LogP contribution in [0.2, 0.25) is 0 Å². The van der Waals surface area contributed by atoms with Crippen LogP contribution in [0.15, 0.2) is 42.6 Å². The molecule has 2 aromatic heterocycles. The van der Waals surface area contributed by atoms with E-state index in [9.17, 15) is 18.4 Å². The third-order valence-corrected chi connectivity index (χ3v) is 4.79. The SMILES string of the molecule is CCOC(=O)c1cnn(-c2cccc(-c3cccc4c3C(=O)CC4)n2)c1C(F)F. The van der Waals surface area contributed by atoms with Crippen molar-refractivity contribution in [2.75, 3.05) is 6.61 Å². The van der Waals surface area contributed by atoms with Crippen LogP contribution in [0.3, 0.4) is 0 Å². The molecule has 0 saturated carbocycles.